The lowest BCUT2D eigenvalue weighted by Crippen LogP contribution is -2.40. The molecule has 1 aliphatic heterocycles. The van der Waals surface area contributed by atoms with Crippen LogP contribution in [0.2, 0.25) is 0 Å². The highest BCUT2D eigenvalue weighted by Crippen LogP contribution is 2.28. The van der Waals surface area contributed by atoms with E-state index in [4.69, 9.17) is 4.42 Å². The summed E-state index contributed by atoms with van der Waals surface area (Å²) in [5.74, 6) is 0.879. The fourth-order valence-electron chi connectivity index (χ4n) is 2.98. The van der Waals surface area contributed by atoms with Crippen LogP contribution in [0.1, 0.15) is 29.9 Å². The second kappa shape index (κ2) is 6.86. The van der Waals surface area contributed by atoms with Crippen molar-refractivity contribution in [2.45, 2.75) is 25.9 Å². The van der Waals surface area contributed by atoms with Crippen molar-refractivity contribution in [2.24, 2.45) is 0 Å². The maximum Gasteiger partial charge on any atom is 0.211 e. The topological polar surface area (TPSA) is 62.6 Å². The van der Waals surface area contributed by atoms with Crippen LogP contribution in [0.15, 0.2) is 47.1 Å². The third-order valence-electron chi connectivity index (χ3n) is 4.35. The van der Waals surface area contributed by atoms with E-state index in [9.17, 15) is 8.42 Å². The first-order chi connectivity index (χ1) is 11.1. The minimum atomic E-state index is -3.22. The molecule has 1 aromatic carbocycles. The summed E-state index contributed by atoms with van der Waals surface area (Å²) in [4.78, 5) is 2.28. The summed E-state index contributed by atoms with van der Waals surface area (Å²) in [5.41, 5.74) is 2.67. The fraction of sp³-hybridized carbons (Fsp3) is 0.412. The lowest BCUT2D eigenvalue weighted by Gasteiger charge is -2.34. The van der Waals surface area contributed by atoms with Crippen LogP contribution in [0.4, 0.5) is 0 Å². The van der Waals surface area contributed by atoms with Crippen LogP contribution in [0.5, 0.6) is 0 Å². The van der Waals surface area contributed by atoms with Crippen molar-refractivity contribution in [3.05, 3.63) is 59.5 Å². The molecule has 0 saturated carbocycles. The van der Waals surface area contributed by atoms with Gasteiger partial charge in [0.25, 0.3) is 0 Å². The van der Waals surface area contributed by atoms with E-state index in [2.05, 4.69) is 27.8 Å². The minimum Gasteiger partial charge on any atom is -0.468 e. The average Bonchev–Trinajstić information content (AvgIpc) is 3.09. The van der Waals surface area contributed by atoms with Crippen molar-refractivity contribution in [3.63, 3.8) is 0 Å². The number of fused-ring (bicyclic) bond motifs is 1. The number of hydrogen-bond donors (Lipinski definition) is 1. The molecule has 0 fully saturated rings. The second-order valence-electron chi connectivity index (χ2n) is 5.77. The molecule has 1 aromatic heterocycles. The zero-order valence-electron chi connectivity index (χ0n) is 13.2. The summed E-state index contributed by atoms with van der Waals surface area (Å²) in [6.07, 6.45) is 2.60. The SMILES string of the molecule is CCS(=O)(=O)NC[C@@H](c1ccco1)N1CCc2ccccc2C1. The van der Waals surface area contributed by atoms with E-state index in [1.165, 1.54) is 11.1 Å². The van der Waals surface area contributed by atoms with Gasteiger partial charge in [-0.25, -0.2) is 13.1 Å². The van der Waals surface area contributed by atoms with Gasteiger partial charge in [-0.05, 0) is 36.6 Å². The average molecular weight is 334 g/mol. The van der Waals surface area contributed by atoms with Crippen LogP contribution in [0.25, 0.3) is 0 Å². The predicted octanol–water partition coefficient (Wildman–Crippen LogP) is 2.32. The molecule has 0 unspecified atom stereocenters. The Kier molecular flexibility index (Phi) is 4.84. The smallest absolute Gasteiger partial charge is 0.211 e. The van der Waals surface area contributed by atoms with Gasteiger partial charge in [-0.15, -0.1) is 0 Å². The Morgan fingerprint density at radius 2 is 2.00 bits per heavy atom. The van der Waals surface area contributed by atoms with Gasteiger partial charge in [0.15, 0.2) is 0 Å². The van der Waals surface area contributed by atoms with Crippen LogP contribution in [-0.2, 0) is 23.0 Å². The van der Waals surface area contributed by atoms with Gasteiger partial charge in [0.1, 0.15) is 5.76 Å². The third kappa shape index (κ3) is 3.83. The number of hydrogen-bond acceptors (Lipinski definition) is 4. The van der Waals surface area contributed by atoms with Crippen LogP contribution >= 0.6 is 0 Å². The monoisotopic (exact) mass is 334 g/mol. The van der Waals surface area contributed by atoms with Crippen molar-refractivity contribution in [1.29, 1.82) is 0 Å². The Balaban J connectivity index is 1.79. The Morgan fingerprint density at radius 1 is 1.22 bits per heavy atom. The molecule has 0 spiro atoms. The summed E-state index contributed by atoms with van der Waals surface area (Å²) in [7, 11) is -3.22. The lowest BCUT2D eigenvalue weighted by atomic mass is 9.98. The minimum absolute atomic E-state index is 0.0840. The van der Waals surface area contributed by atoms with Crippen molar-refractivity contribution in [1.82, 2.24) is 9.62 Å². The molecule has 1 N–H and O–H groups in total. The van der Waals surface area contributed by atoms with Crippen molar-refractivity contribution >= 4 is 10.0 Å². The molecule has 5 nitrogen and oxygen atoms in total. The highest BCUT2D eigenvalue weighted by molar-refractivity contribution is 7.89. The molecule has 1 aliphatic rings. The number of nitrogens with one attached hydrogen (secondary N) is 1. The largest absolute Gasteiger partial charge is 0.468 e. The van der Waals surface area contributed by atoms with E-state index >= 15 is 0 Å². The normalized spacial score (nSPS) is 16.9. The zero-order chi connectivity index (χ0) is 16.3. The zero-order valence-corrected chi connectivity index (χ0v) is 14.1. The Labute approximate surface area is 137 Å². The first kappa shape index (κ1) is 16.2. The predicted molar refractivity (Wildman–Crippen MR) is 89.5 cm³/mol. The summed E-state index contributed by atoms with van der Waals surface area (Å²) in [5, 5.41) is 0. The molecule has 124 valence electrons. The first-order valence-electron chi connectivity index (χ1n) is 7.90. The Bertz CT molecular complexity index is 741. The molecule has 1 atom stereocenters. The fourth-order valence-corrected chi connectivity index (χ4v) is 3.60. The van der Waals surface area contributed by atoms with E-state index in [1.54, 1.807) is 13.2 Å². The quantitative estimate of drug-likeness (QED) is 0.881. The molecule has 2 aromatic rings. The molecule has 3 rings (SSSR count). The first-order valence-corrected chi connectivity index (χ1v) is 9.56. The molecule has 2 heterocycles. The number of sulfonamides is 1. The number of benzene rings is 1. The standard InChI is InChI=1S/C17H22N2O3S/c1-2-23(20,21)18-12-16(17-8-5-11-22-17)19-10-9-14-6-3-4-7-15(14)13-19/h3-8,11,16,18H,2,9-10,12-13H2,1H3/t16-/m0/s1. The molecule has 0 amide bonds. The van der Waals surface area contributed by atoms with Crippen LogP contribution < -0.4 is 4.72 Å². The molecular formula is C17H22N2O3S. The van der Waals surface area contributed by atoms with Gasteiger partial charge in [0, 0.05) is 19.6 Å². The lowest BCUT2D eigenvalue weighted by molar-refractivity contribution is 0.160. The molecule has 0 radical (unpaired) electrons. The van der Waals surface area contributed by atoms with Gasteiger partial charge in [0.05, 0.1) is 18.1 Å². The van der Waals surface area contributed by atoms with Crippen LogP contribution in [0.3, 0.4) is 0 Å². The Morgan fingerprint density at radius 3 is 2.70 bits per heavy atom. The maximum absolute atomic E-state index is 11.8. The van der Waals surface area contributed by atoms with Crippen LogP contribution in [-0.4, -0.2) is 32.2 Å². The van der Waals surface area contributed by atoms with Crippen molar-refractivity contribution < 1.29 is 12.8 Å². The van der Waals surface area contributed by atoms with Gasteiger partial charge in [0.2, 0.25) is 10.0 Å². The highest BCUT2D eigenvalue weighted by Gasteiger charge is 2.27. The summed E-state index contributed by atoms with van der Waals surface area (Å²) in [6.45, 7) is 3.65. The van der Waals surface area contributed by atoms with Crippen molar-refractivity contribution in [3.8, 4) is 0 Å². The number of nitrogens with zero attached hydrogens (tertiary/aromatic N) is 1. The van der Waals surface area contributed by atoms with Gasteiger partial charge in [-0.1, -0.05) is 24.3 Å². The molecule has 6 heteroatoms. The number of furan rings is 1. The Hall–Kier alpha value is -1.63. The van der Waals surface area contributed by atoms with E-state index in [1.807, 2.05) is 18.2 Å². The molecule has 0 saturated heterocycles. The summed E-state index contributed by atoms with van der Waals surface area (Å²) in [6, 6.07) is 12.1. The van der Waals surface area contributed by atoms with Crippen LogP contribution in [0, 0.1) is 0 Å². The maximum atomic E-state index is 11.8. The van der Waals surface area contributed by atoms with E-state index in [-0.39, 0.29) is 11.8 Å². The van der Waals surface area contributed by atoms with E-state index in [0.717, 1.165) is 25.3 Å². The molecule has 0 bridgehead atoms. The van der Waals surface area contributed by atoms with E-state index in [0.29, 0.717) is 6.54 Å². The van der Waals surface area contributed by atoms with Gasteiger partial charge in [-0.3, -0.25) is 4.90 Å². The third-order valence-corrected chi connectivity index (χ3v) is 5.72. The summed E-state index contributed by atoms with van der Waals surface area (Å²) >= 11 is 0. The number of rotatable bonds is 6. The second-order valence-corrected chi connectivity index (χ2v) is 7.87. The molecule has 23 heavy (non-hydrogen) atoms. The molecular weight excluding hydrogens is 312 g/mol. The van der Waals surface area contributed by atoms with E-state index < -0.39 is 10.0 Å². The summed E-state index contributed by atoms with van der Waals surface area (Å²) < 4.78 is 31.8. The highest BCUT2D eigenvalue weighted by atomic mass is 32.2. The van der Waals surface area contributed by atoms with Crippen molar-refractivity contribution in [2.75, 3.05) is 18.8 Å². The molecule has 0 aliphatic carbocycles. The van der Waals surface area contributed by atoms with Gasteiger partial charge >= 0.3 is 0 Å². The van der Waals surface area contributed by atoms with Gasteiger partial charge < -0.3 is 4.42 Å². The van der Waals surface area contributed by atoms with Gasteiger partial charge in [-0.2, -0.15) is 0 Å².